The van der Waals surface area contributed by atoms with E-state index < -0.39 is 0 Å². The van der Waals surface area contributed by atoms with E-state index in [-0.39, 0.29) is 0 Å². The van der Waals surface area contributed by atoms with Crippen LogP contribution in [0.4, 0.5) is 5.95 Å². The Labute approximate surface area is 109 Å². The second-order valence-corrected chi connectivity index (χ2v) is 4.68. The highest BCUT2D eigenvalue weighted by atomic mass is 15.2. The lowest BCUT2D eigenvalue weighted by atomic mass is 10.1. The first-order valence-corrected chi connectivity index (χ1v) is 6.53. The maximum Gasteiger partial charge on any atom is 0.203 e. The number of hydrogen-bond acceptors (Lipinski definition) is 2. The van der Waals surface area contributed by atoms with Crippen LogP contribution in [0, 0.1) is 13.8 Å². The van der Waals surface area contributed by atoms with Crippen molar-refractivity contribution in [2.45, 2.75) is 40.3 Å². The van der Waals surface area contributed by atoms with Gasteiger partial charge < -0.3 is 9.88 Å². The zero-order valence-corrected chi connectivity index (χ0v) is 11.4. The van der Waals surface area contributed by atoms with Gasteiger partial charge in [-0.1, -0.05) is 31.2 Å². The zero-order chi connectivity index (χ0) is 13.0. The van der Waals surface area contributed by atoms with Crippen LogP contribution in [0.3, 0.4) is 0 Å². The number of anilines is 1. The topological polar surface area (TPSA) is 29.9 Å². The van der Waals surface area contributed by atoms with Gasteiger partial charge in [0.05, 0.1) is 5.69 Å². The average molecular weight is 243 g/mol. The van der Waals surface area contributed by atoms with E-state index in [4.69, 9.17) is 0 Å². The van der Waals surface area contributed by atoms with Crippen molar-refractivity contribution in [2.75, 3.05) is 5.32 Å². The first kappa shape index (κ1) is 12.7. The van der Waals surface area contributed by atoms with Gasteiger partial charge in [0.1, 0.15) is 0 Å². The molecular formula is C15H21N3. The number of imidazole rings is 1. The summed E-state index contributed by atoms with van der Waals surface area (Å²) < 4.78 is 2.19. The Morgan fingerprint density at radius 3 is 2.72 bits per heavy atom. The Kier molecular flexibility index (Phi) is 4.03. The maximum atomic E-state index is 4.53. The number of nitrogens with zero attached hydrogens (tertiary/aromatic N) is 2. The SMILES string of the molecule is CCCn1cc(C)nc1NCc1ccccc1C. The molecule has 0 amide bonds. The molecule has 18 heavy (non-hydrogen) atoms. The van der Waals surface area contributed by atoms with Crippen molar-refractivity contribution in [3.8, 4) is 0 Å². The van der Waals surface area contributed by atoms with Gasteiger partial charge in [-0.15, -0.1) is 0 Å². The molecule has 0 atom stereocenters. The summed E-state index contributed by atoms with van der Waals surface area (Å²) in [7, 11) is 0. The molecule has 0 aliphatic rings. The standard InChI is InChI=1S/C15H21N3/c1-4-9-18-11-13(3)17-15(18)16-10-14-8-6-5-7-12(14)2/h5-8,11H,4,9-10H2,1-3H3,(H,16,17). The summed E-state index contributed by atoms with van der Waals surface area (Å²) in [4.78, 5) is 4.53. The first-order valence-electron chi connectivity index (χ1n) is 6.53. The third-order valence-corrected chi connectivity index (χ3v) is 3.06. The number of benzene rings is 1. The van der Waals surface area contributed by atoms with Crippen LogP contribution in [0.15, 0.2) is 30.5 Å². The van der Waals surface area contributed by atoms with Crippen LogP contribution in [0.2, 0.25) is 0 Å². The van der Waals surface area contributed by atoms with Gasteiger partial charge in [0, 0.05) is 19.3 Å². The summed E-state index contributed by atoms with van der Waals surface area (Å²) in [6.45, 7) is 8.19. The third kappa shape index (κ3) is 2.92. The predicted molar refractivity (Wildman–Crippen MR) is 75.8 cm³/mol. The quantitative estimate of drug-likeness (QED) is 0.870. The Morgan fingerprint density at radius 1 is 1.22 bits per heavy atom. The number of aryl methyl sites for hydroxylation is 3. The van der Waals surface area contributed by atoms with Crippen molar-refractivity contribution in [1.29, 1.82) is 0 Å². The predicted octanol–water partition coefficient (Wildman–Crippen LogP) is 3.52. The minimum atomic E-state index is 0.826. The van der Waals surface area contributed by atoms with Crippen LogP contribution in [0.5, 0.6) is 0 Å². The van der Waals surface area contributed by atoms with Crippen molar-refractivity contribution >= 4 is 5.95 Å². The number of nitrogens with one attached hydrogen (secondary N) is 1. The minimum Gasteiger partial charge on any atom is -0.352 e. The number of aromatic nitrogens is 2. The molecule has 1 aromatic heterocycles. The summed E-state index contributed by atoms with van der Waals surface area (Å²) >= 11 is 0. The fourth-order valence-electron chi connectivity index (χ4n) is 2.08. The Bertz CT molecular complexity index is 514. The van der Waals surface area contributed by atoms with Crippen LogP contribution in [-0.2, 0) is 13.1 Å². The van der Waals surface area contributed by atoms with E-state index in [1.54, 1.807) is 0 Å². The van der Waals surface area contributed by atoms with Crippen LogP contribution in [0.1, 0.15) is 30.2 Å². The van der Waals surface area contributed by atoms with E-state index in [0.717, 1.165) is 31.2 Å². The van der Waals surface area contributed by atoms with E-state index in [0.29, 0.717) is 0 Å². The molecule has 0 radical (unpaired) electrons. The average Bonchev–Trinajstić information content (AvgIpc) is 2.69. The monoisotopic (exact) mass is 243 g/mol. The summed E-state index contributed by atoms with van der Waals surface area (Å²) in [6.07, 6.45) is 3.22. The molecule has 1 heterocycles. The molecule has 3 heteroatoms. The van der Waals surface area contributed by atoms with Crippen molar-refractivity contribution in [2.24, 2.45) is 0 Å². The highest BCUT2D eigenvalue weighted by Gasteiger charge is 2.05. The molecule has 0 unspecified atom stereocenters. The normalized spacial score (nSPS) is 10.6. The van der Waals surface area contributed by atoms with E-state index in [1.165, 1.54) is 11.1 Å². The molecule has 0 spiro atoms. The molecule has 1 aromatic carbocycles. The van der Waals surface area contributed by atoms with Gasteiger partial charge in [0.2, 0.25) is 5.95 Å². The summed E-state index contributed by atoms with van der Waals surface area (Å²) in [5, 5.41) is 3.43. The fraction of sp³-hybridized carbons (Fsp3) is 0.400. The molecule has 0 aliphatic carbocycles. The van der Waals surface area contributed by atoms with Crippen molar-refractivity contribution in [1.82, 2.24) is 9.55 Å². The molecule has 2 rings (SSSR count). The van der Waals surface area contributed by atoms with Crippen molar-refractivity contribution in [3.05, 3.63) is 47.3 Å². The summed E-state index contributed by atoms with van der Waals surface area (Å²) in [6, 6.07) is 8.44. The second kappa shape index (κ2) is 5.71. The van der Waals surface area contributed by atoms with E-state index in [9.17, 15) is 0 Å². The van der Waals surface area contributed by atoms with Gasteiger partial charge in [-0.3, -0.25) is 0 Å². The van der Waals surface area contributed by atoms with E-state index >= 15 is 0 Å². The Hall–Kier alpha value is -1.77. The van der Waals surface area contributed by atoms with Gasteiger partial charge in [0.25, 0.3) is 0 Å². The van der Waals surface area contributed by atoms with Crippen molar-refractivity contribution in [3.63, 3.8) is 0 Å². The molecular weight excluding hydrogens is 222 g/mol. The van der Waals surface area contributed by atoms with Crippen LogP contribution in [0.25, 0.3) is 0 Å². The molecule has 2 aromatic rings. The zero-order valence-electron chi connectivity index (χ0n) is 11.4. The highest BCUT2D eigenvalue weighted by molar-refractivity contribution is 5.33. The van der Waals surface area contributed by atoms with Gasteiger partial charge >= 0.3 is 0 Å². The maximum absolute atomic E-state index is 4.53. The van der Waals surface area contributed by atoms with E-state index in [2.05, 4.69) is 59.2 Å². The molecule has 0 fully saturated rings. The molecule has 96 valence electrons. The Morgan fingerprint density at radius 2 is 2.00 bits per heavy atom. The molecule has 1 N–H and O–H groups in total. The van der Waals surface area contributed by atoms with Gasteiger partial charge in [0.15, 0.2) is 0 Å². The van der Waals surface area contributed by atoms with Crippen molar-refractivity contribution < 1.29 is 0 Å². The minimum absolute atomic E-state index is 0.826. The molecule has 3 nitrogen and oxygen atoms in total. The summed E-state index contributed by atoms with van der Waals surface area (Å²) in [5.41, 5.74) is 3.70. The molecule has 0 saturated carbocycles. The smallest absolute Gasteiger partial charge is 0.203 e. The summed E-state index contributed by atoms with van der Waals surface area (Å²) in [5.74, 6) is 0.970. The highest BCUT2D eigenvalue weighted by Crippen LogP contribution is 2.13. The van der Waals surface area contributed by atoms with Gasteiger partial charge in [-0.05, 0) is 31.4 Å². The lowest BCUT2D eigenvalue weighted by Gasteiger charge is -2.10. The molecule has 0 saturated heterocycles. The number of rotatable bonds is 5. The van der Waals surface area contributed by atoms with E-state index in [1.807, 2.05) is 6.92 Å². The fourth-order valence-corrected chi connectivity index (χ4v) is 2.08. The van der Waals surface area contributed by atoms with Gasteiger partial charge in [-0.25, -0.2) is 4.98 Å². The Balaban J connectivity index is 2.08. The molecule has 0 aliphatic heterocycles. The lowest BCUT2D eigenvalue weighted by Crippen LogP contribution is -2.07. The third-order valence-electron chi connectivity index (χ3n) is 3.06. The largest absolute Gasteiger partial charge is 0.352 e. The van der Waals surface area contributed by atoms with Gasteiger partial charge in [-0.2, -0.15) is 0 Å². The van der Waals surface area contributed by atoms with Crippen LogP contribution >= 0.6 is 0 Å². The van der Waals surface area contributed by atoms with Crippen LogP contribution in [-0.4, -0.2) is 9.55 Å². The van der Waals surface area contributed by atoms with Crippen LogP contribution < -0.4 is 5.32 Å². The number of hydrogen-bond donors (Lipinski definition) is 1. The molecule has 0 bridgehead atoms. The first-order chi connectivity index (χ1) is 8.70. The lowest BCUT2D eigenvalue weighted by molar-refractivity contribution is 0.681. The second-order valence-electron chi connectivity index (χ2n) is 4.68.